The molecule has 106 valence electrons. The van der Waals surface area contributed by atoms with Gasteiger partial charge in [-0.2, -0.15) is 13.1 Å². The lowest BCUT2D eigenvalue weighted by Gasteiger charge is -2.07. The molecule has 0 aliphatic carbocycles. The summed E-state index contributed by atoms with van der Waals surface area (Å²) in [6.07, 6.45) is 1.40. The van der Waals surface area contributed by atoms with Crippen LogP contribution in [0, 0.1) is 0 Å². The van der Waals surface area contributed by atoms with Gasteiger partial charge in [0.25, 0.3) is 0 Å². The lowest BCUT2D eigenvalue weighted by Crippen LogP contribution is -2.41. The van der Waals surface area contributed by atoms with Crippen molar-refractivity contribution in [3.8, 4) is 0 Å². The first-order chi connectivity index (χ1) is 8.84. The second-order valence-corrected chi connectivity index (χ2v) is 4.79. The molecule has 0 aromatic carbocycles. The van der Waals surface area contributed by atoms with Crippen molar-refractivity contribution in [2.24, 2.45) is 0 Å². The van der Waals surface area contributed by atoms with Gasteiger partial charge in [0.05, 0.1) is 13.4 Å². The van der Waals surface area contributed by atoms with Crippen LogP contribution in [0.5, 0.6) is 0 Å². The third-order valence-electron chi connectivity index (χ3n) is 1.92. The SMILES string of the molecule is COC(=O)NS(=O)(=O)NCCn1cnc(C(=O)O)c1. The number of carboxylic acids is 1. The number of imidazole rings is 1. The minimum Gasteiger partial charge on any atom is -0.476 e. The summed E-state index contributed by atoms with van der Waals surface area (Å²) in [6.45, 7) is 0.101. The van der Waals surface area contributed by atoms with Crippen LogP contribution in [-0.4, -0.2) is 48.8 Å². The number of aromatic nitrogens is 2. The van der Waals surface area contributed by atoms with E-state index in [0.717, 1.165) is 7.11 Å². The van der Waals surface area contributed by atoms with Gasteiger partial charge in [-0.25, -0.2) is 19.3 Å². The van der Waals surface area contributed by atoms with Gasteiger partial charge in [0.15, 0.2) is 5.69 Å². The number of hydrogen-bond donors (Lipinski definition) is 3. The van der Waals surface area contributed by atoms with E-state index in [-0.39, 0.29) is 18.8 Å². The molecule has 3 N–H and O–H groups in total. The molecule has 0 saturated carbocycles. The standard InChI is InChI=1S/C8H12N4O6S/c1-18-8(15)11-19(16,17)10-2-3-12-4-6(7(13)14)9-5-12/h4-5,10H,2-3H2,1H3,(H,11,15)(H,13,14). The summed E-state index contributed by atoms with van der Waals surface area (Å²) < 4.78 is 31.7. The van der Waals surface area contributed by atoms with Crippen LogP contribution >= 0.6 is 0 Å². The molecule has 0 radical (unpaired) electrons. The van der Waals surface area contributed by atoms with Gasteiger partial charge < -0.3 is 14.4 Å². The van der Waals surface area contributed by atoms with E-state index in [1.807, 2.05) is 0 Å². The van der Waals surface area contributed by atoms with Crippen molar-refractivity contribution in [2.45, 2.75) is 6.54 Å². The number of nitrogens with zero attached hydrogens (tertiary/aromatic N) is 2. The summed E-state index contributed by atoms with van der Waals surface area (Å²) in [5.74, 6) is -1.17. The first-order valence-electron chi connectivity index (χ1n) is 4.94. The highest BCUT2D eigenvalue weighted by molar-refractivity contribution is 7.88. The van der Waals surface area contributed by atoms with E-state index in [4.69, 9.17) is 5.11 Å². The van der Waals surface area contributed by atoms with E-state index in [1.54, 1.807) is 4.72 Å². The number of carbonyl (C=O) groups is 2. The van der Waals surface area contributed by atoms with E-state index in [0.29, 0.717) is 0 Å². The highest BCUT2D eigenvalue weighted by atomic mass is 32.2. The van der Waals surface area contributed by atoms with Gasteiger partial charge in [-0.05, 0) is 0 Å². The Labute approximate surface area is 108 Å². The predicted octanol–water partition coefficient (Wildman–Crippen LogP) is -1.23. The molecule has 1 amide bonds. The summed E-state index contributed by atoms with van der Waals surface area (Å²) in [6, 6.07) is 0. The highest BCUT2D eigenvalue weighted by Crippen LogP contribution is 1.95. The van der Waals surface area contributed by atoms with Gasteiger partial charge in [0, 0.05) is 19.3 Å². The van der Waals surface area contributed by atoms with Crippen LogP contribution in [0.15, 0.2) is 12.5 Å². The van der Waals surface area contributed by atoms with E-state index in [9.17, 15) is 18.0 Å². The molecule has 0 aliphatic heterocycles. The Morgan fingerprint density at radius 3 is 2.74 bits per heavy atom. The van der Waals surface area contributed by atoms with Crippen molar-refractivity contribution in [1.82, 2.24) is 19.0 Å². The fraction of sp³-hybridized carbons (Fsp3) is 0.375. The normalized spacial score (nSPS) is 11.0. The van der Waals surface area contributed by atoms with E-state index in [2.05, 4.69) is 14.4 Å². The number of hydrogen-bond acceptors (Lipinski definition) is 6. The number of aromatic carboxylic acids is 1. The van der Waals surface area contributed by atoms with Crippen molar-refractivity contribution in [1.29, 1.82) is 0 Å². The number of nitrogens with one attached hydrogen (secondary N) is 2. The smallest absolute Gasteiger partial charge is 0.421 e. The molecule has 1 heterocycles. The van der Waals surface area contributed by atoms with Gasteiger partial charge in [-0.1, -0.05) is 0 Å². The van der Waals surface area contributed by atoms with Gasteiger partial charge in [-0.3, -0.25) is 0 Å². The number of ether oxygens (including phenoxy) is 1. The van der Waals surface area contributed by atoms with Crippen LogP contribution in [0.1, 0.15) is 10.5 Å². The number of methoxy groups -OCH3 is 1. The first-order valence-corrected chi connectivity index (χ1v) is 6.43. The highest BCUT2D eigenvalue weighted by Gasteiger charge is 2.13. The maximum absolute atomic E-state index is 11.3. The van der Waals surface area contributed by atoms with Gasteiger partial charge >= 0.3 is 22.3 Å². The number of amides is 1. The Morgan fingerprint density at radius 2 is 2.21 bits per heavy atom. The fourth-order valence-corrected chi connectivity index (χ4v) is 1.82. The van der Waals surface area contributed by atoms with E-state index < -0.39 is 22.3 Å². The Bertz CT molecular complexity index is 566. The average Bonchev–Trinajstić information content (AvgIpc) is 2.77. The van der Waals surface area contributed by atoms with Gasteiger partial charge in [0.1, 0.15) is 0 Å². The summed E-state index contributed by atoms with van der Waals surface area (Å²) >= 11 is 0. The van der Waals surface area contributed by atoms with Crippen LogP contribution in [0.3, 0.4) is 0 Å². The van der Waals surface area contributed by atoms with Crippen LogP contribution in [-0.2, 0) is 21.5 Å². The molecule has 19 heavy (non-hydrogen) atoms. The molecule has 0 saturated heterocycles. The summed E-state index contributed by atoms with van der Waals surface area (Å²) in [5, 5.41) is 8.63. The Kier molecular flexibility index (Phi) is 4.83. The lowest BCUT2D eigenvalue weighted by atomic mass is 10.5. The van der Waals surface area contributed by atoms with Gasteiger partial charge in [-0.15, -0.1) is 0 Å². The van der Waals surface area contributed by atoms with E-state index >= 15 is 0 Å². The molecule has 1 aromatic heterocycles. The van der Waals surface area contributed by atoms with Gasteiger partial charge in [0.2, 0.25) is 0 Å². The third kappa shape index (κ3) is 4.93. The third-order valence-corrected chi connectivity index (χ3v) is 2.94. The molecule has 1 rings (SSSR count). The maximum atomic E-state index is 11.3. The lowest BCUT2D eigenvalue weighted by molar-refractivity contribution is 0.0691. The largest absolute Gasteiger partial charge is 0.476 e. The topological polar surface area (TPSA) is 140 Å². The fourth-order valence-electron chi connectivity index (χ4n) is 1.09. The van der Waals surface area contributed by atoms with Crippen molar-refractivity contribution in [2.75, 3.05) is 13.7 Å². The van der Waals surface area contributed by atoms with Crippen LogP contribution in [0.4, 0.5) is 4.79 Å². The first kappa shape index (κ1) is 14.9. The van der Waals surface area contributed by atoms with Crippen LogP contribution < -0.4 is 9.44 Å². The predicted molar refractivity (Wildman–Crippen MR) is 61.6 cm³/mol. The summed E-state index contributed by atoms with van der Waals surface area (Å²) in [5.41, 5.74) is -0.143. The molecular weight excluding hydrogens is 280 g/mol. The molecule has 10 nitrogen and oxygen atoms in total. The minimum atomic E-state index is -4.00. The maximum Gasteiger partial charge on any atom is 0.421 e. The van der Waals surface area contributed by atoms with Crippen LogP contribution in [0.2, 0.25) is 0 Å². The van der Waals surface area contributed by atoms with Crippen molar-refractivity contribution in [3.05, 3.63) is 18.2 Å². The Balaban J connectivity index is 2.45. The second-order valence-electron chi connectivity index (χ2n) is 3.29. The molecule has 0 aliphatic rings. The zero-order valence-corrected chi connectivity index (χ0v) is 10.7. The zero-order chi connectivity index (χ0) is 14.5. The molecule has 0 fully saturated rings. The average molecular weight is 292 g/mol. The molecule has 0 spiro atoms. The Hall–Kier alpha value is -2.14. The number of carboxylic acid groups (broad SMARTS) is 1. The van der Waals surface area contributed by atoms with Crippen molar-refractivity contribution in [3.63, 3.8) is 0 Å². The number of carbonyl (C=O) groups excluding carboxylic acids is 1. The van der Waals surface area contributed by atoms with Crippen molar-refractivity contribution < 1.29 is 27.9 Å². The zero-order valence-electron chi connectivity index (χ0n) is 9.86. The summed E-state index contributed by atoms with van der Waals surface area (Å²) in [7, 11) is -2.97. The minimum absolute atomic E-state index is 0.0538. The molecular formula is C8H12N4O6S. The molecule has 11 heteroatoms. The quantitative estimate of drug-likeness (QED) is 0.596. The monoisotopic (exact) mass is 292 g/mol. The molecule has 0 bridgehead atoms. The molecule has 0 unspecified atom stereocenters. The van der Waals surface area contributed by atoms with Crippen LogP contribution in [0.25, 0.3) is 0 Å². The van der Waals surface area contributed by atoms with E-state index in [1.165, 1.54) is 17.1 Å². The Morgan fingerprint density at radius 1 is 1.53 bits per heavy atom. The number of rotatable bonds is 6. The summed E-state index contributed by atoms with van der Waals surface area (Å²) in [4.78, 5) is 24.8. The molecule has 1 aromatic rings. The molecule has 0 atom stereocenters. The second kappa shape index (κ2) is 6.15. The van der Waals surface area contributed by atoms with Crippen molar-refractivity contribution >= 4 is 22.3 Å².